The van der Waals surface area contributed by atoms with Crippen LogP contribution in [0.1, 0.15) is 53.5 Å². The van der Waals surface area contributed by atoms with Crippen molar-refractivity contribution in [1.29, 1.82) is 0 Å². The lowest BCUT2D eigenvalue weighted by atomic mass is 10.1. The highest BCUT2D eigenvalue weighted by atomic mass is 32.1. The summed E-state index contributed by atoms with van der Waals surface area (Å²) in [6.07, 6.45) is 11.0. The Balaban J connectivity index is 1.61. The van der Waals surface area contributed by atoms with E-state index in [4.69, 9.17) is 0 Å². The summed E-state index contributed by atoms with van der Waals surface area (Å²) in [5.41, 5.74) is 2.56. The lowest BCUT2D eigenvalue weighted by Crippen LogP contribution is -1.80. The molecule has 0 aliphatic rings. The molecule has 0 saturated heterocycles. The van der Waals surface area contributed by atoms with Crippen molar-refractivity contribution in [3.63, 3.8) is 0 Å². The van der Waals surface area contributed by atoms with Crippen LogP contribution in [0.25, 0.3) is 21.9 Å². The second-order valence-corrected chi connectivity index (χ2v) is 8.81. The molecular weight excluding hydrogens is 340 g/mol. The molecule has 1 aromatic carbocycles. The van der Waals surface area contributed by atoms with E-state index in [1.807, 2.05) is 22.7 Å². The molecule has 0 fully saturated rings. The Morgan fingerprint density at radius 2 is 1.52 bits per heavy atom. The minimum Gasteiger partial charge on any atom is -0.139 e. The molecule has 0 aliphatic carbocycles. The molecule has 0 N–H and O–H groups in total. The van der Waals surface area contributed by atoms with Crippen LogP contribution in [0.3, 0.4) is 0 Å². The molecule has 0 radical (unpaired) electrons. The Bertz CT molecular complexity index is 803. The Kier molecular flexibility index (Phi) is 6.66. The van der Waals surface area contributed by atoms with Crippen molar-refractivity contribution in [2.75, 3.05) is 0 Å². The number of benzene rings is 1. The Labute approximate surface area is 159 Å². The van der Waals surface area contributed by atoms with Crippen LogP contribution in [0.15, 0.2) is 48.5 Å². The summed E-state index contributed by atoms with van der Waals surface area (Å²) in [6, 6.07) is 17.7. The third-order valence-electron chi connectivity index (χ3n) is 4.33. The monoisotopic (exact) mass is 366 g/mol. The number of thiophene rings is 2. The van der Waals surface area contributed by atoms with Crippen molar-refractivity contribution < 1.29 is 0 Å². The van der Waals surface area contributed by atoms with E-state index < -0.39 is 0 Å². The predicted molar refractivity (Wildman–Crippen MR) is 116 cm³/mol. The van der Waals surface area contributed by atoms with Gasteiger partial charge >= 0.3 is 0 Å². The zero-order chi connectivity index (χ0) is 17.5. The van der Waals surface area contributed by atoms with Crippen LogP contribution in [-0.4, -0.2) is 0 Å². The van der Waals surface area contributed by atoms with Gasteiger partial charge in [-0.1, -0.05) is 62.1 Å². The summed E-state index contributed by atoms with van der Waals surface area (Å²) in [6.45, 7) is 4.39. The predicted octanol–water partition coefficient (Wildman–Crippen LogP) is 8.08. The molecule has 0 unspecified atom stereocenters. The van der Waals surface area contributed by atoms with Gasteiger partial charge in [-0.3, -0.25) is 0 Å². The van der Waals surface area contributed by atoms with E-state index >= 15 is 0 Å². The summed E-state index contributed by atoms with van der Waals surface area (Å²) >= 11 is 3.84. The standard InChI is InChI=1S/C23H26S2/c1-3-4-5-6-7-20-14-16-22(24-20)23-17-15-21(25-23)13-12-19-10-8-18(2)9-11-19/h8-17H,3-7H2,1-2H3. The van der Waals surface area contributed by atoms with E-state index in [-0.39, 0.29) is 0 Å². The van der Waals surface area contributed by atoms with Gasteiger partial charge in [0.15, 0.2) is 0 Å². The molecule has 25 heavy (non-hydrogen) atoms. The second-order valence-electron chi connectivity index (χ2n) is 6.52. The third-order valence-corrected chi connectivity index (χ3v) is 6.72. The summed E-state index contributed by atoms with van der Waals surface area (Å²) in [7, 11) is 0. The van der Waals surface area contributed by atoms with Gasteiger partial charge in [0.1, 0.15) is 0 Å². The zero-order valence-electron chi connectivity index (χ0n) is 15.1. The fourth-order valence-electron chi connectivity index (χ4n) is 2.80. The first-order valence-electron chi connectivity index (χ1n) is 9.18. The van der Waals surface area contributed by atoms with E-state index in [0.717, 1.165) is 0 Å². The Morgan fingerprint density at radius 1 is 0.760 bits per heavy atom. The number of hydrogen-bond donors (Lipinski definition) is 0. The summed E-state index contributed by atoms with van der Waals surface area (Å²) in [5, 5.41) is 0. The number of unbranched alkanes of at least 4 members (excludes halogenated alkanes) is 3. The minimum absolute atomic E-state index is 1.23. The molecule has 3 rings (SSSR count). The first-order chi connectivity index (χ1) is 12.2. The van der Waals surface area contributed by atoms with Crippen LogP contribution < -0.4 is 0 Å². The van der Waals surface area contributed by atoms with Gasteiger partial charge in [-0.15, -0.1) is 22.7 Å². The van der Waals surface area contributed by atoms with Crippen LogP contribution in [0.5, 0.6) is 0 Å². The highest BCUT2D eigenvalue weighted by Crippen LogP contribution is 2.34. The Hall–Kier alpha value is -1.64. The Morgan fingerprint density at radius 3 is 2.32 bits per heavy atom. The van der Waals surface area contributed by atoms with Crippen molar-refractivity contribution in [1.82, 2.24) is 0 Å². The number of aryl methyl sites for hydroxylation is 2. The summed E-state index contributed by atoms with van der Waals surface area (Å²) in [5.74, 6) is 0. The second kappa shape index (κ2) is 9.17. The van der Waals surface area contributed by atoms with Crippen molar-refractivity contribution in [2.45, 2.75) is 46.0 Å². The topological polar surface area (TPSA) is 0 Å². The van der Waals surface area contributed by atoms with Crippen molar-refractivity contribution in [3.8, 4) is 9.75 Å². The molecule has 0 saturated carbocycles. The van der Waals surface area contributed by atoms with Gasteiger partial charge in [0.05, 0.1) is 0 Å². The van der Waals surface area contributed by atoms with Crippen molar-refractivity contribution >= 4 is 34.8 Å². The normalized spacial score (nSPS) is 11.4. The van der Waals surface area contributed by atoms with Crippen LogP contribution in [0.4, 0.5) is 0 Å². The molecule has 2 heterocycles. The summed E-state index contributed by atoms with van der Waals surface area (Å²) in [4.78, 5) is 5.63. The van der Waals surface area contributed by atoms with Gasteiger partial charge in [0, 0.05) is 19.5 Å². The molecule has 0 atom stereocenters. The molecule has 2 heteroatoms. The molecule has 0 nitrogen and oxygen atoms in total. The van der Waals surface area contributed by atoms with Crippen molar-refractivity contribution in [3.05, 3.63) is 69.4 Å². The smallest absolute Gasteiger partial charge is 0.0449 e. The highest BCUT2D eigenvalue weighted by molar-refractivity contribution is 7.22. The van der Waals surface area contributed by atoms with E-state index in [2.05, 4.69) is 74.5 Å². The molecule has 0 aliphatic heterocycles. The van der Waals surface area contributed by atoms with Gasteiger partial charge in [0.2, 0.25) is 0 Å². The van der Waals surface area contributed by atoms with Crippen LogP contribution in [0.2, 0.25) is 0 Å². The largest absolute Gasteiger partial charge is 0.139 e. The van der Waals surface area contributed by atoms with E-state index in [1.54, 1.807) is 0 Å². The zero-order valence-corrected chi connectivity index (χ0v) is 16.8. The van der Waals surface area contributed by atoms with Crippen LogP contribution >= 0.6 is 22.7 Å². The molecule has 130 valence electrons. The van der Waals surface area contributed by atoms with Gasteiger partial charge in [-0.2, -0.15) is 0 Å². The van der Waals surface area contributed by atoms with Gasteiger partial charge in [-0.25, -0.2) is 0 Å². The highest BCUT2D eigenvalue weighted by Gasteiger charge is 2.05. The maximum atomic E-state index is 2.31. The lowest BCUT2D eigenvalue weighted by molar-refractivity contribution is 0.670. The fraction of sp³-hybridized carbons (Fsp3) is 0.304. The molecule has 0 amide bonds. The average molecular weight is 367 g/mol. The summed E-state index contributed by atoms with van der Waals surface area (Å²) < 4.78 is 0. The number of rotatable bonds is 8. The lowest BCUT2D eigenvalue weighted by Gasteiger charge is -1.96. The molecular formula is C23H26S2. The minimum atomic E-state index is 1.23. The van der Waals surface area contributed by atoms with Crippen LogP contribution in [-0.2, 0) is 6.42 Å². The molecule has 3 aromatic rings. The third kappa shape index (κ3) is 5.42. The van der Waals surface area contributed by atoms with Crippen molar-refractivity contribution in [2.24, 2.45) is 0 Å². The first-order valence-corrected chi connectivity index (χ1v) is 10.8. The van der Waals surface area contributed by atoms with Crippen LogP contribution in [0, 0.1) is 6.92 Å². The fourth-order valence-corrected chi connectivity index (χ4v) is 4.85. The maximum Gasteiger partial charge on any atom is 0.0449 e. The molecule has 0 bridgehead atoms. The van der Waals surface area contributed by atoms with E-state index in [9.17, 15) is 0 Å². The number of hydrogen-bond acceptors (Lipinski definition) is 2. The van der Waals surface area contributed by atoms with Gasteiger partial charge < -0.3 is 0 Å². The first kappa shape index (κ1) is 18.2. The molecule has 2 aromatic heterocycles. The quantitative estimate of drug-likeness (QED) is 0.353. The van der Waals surface area contributed by atoms with Gasteiger partial charge in [0.25, 0.3) is 0 Å². The average Bonchev–Trinajstić information content (AvgIpc) is 3.27. The SMILES string of the molecule is CCCCCCc1ccc(-c2ccc(C=Cc3ccc(C)cc3)s2)s1. The molecule has 0 spiro atoms. The van der Waals surface area contributed by atoms with Gasteiger partial charge in [-0.05, 0) is 55.7 Å². The van der Waals surface area contributed by atoms with E-state index in [1.165, 1.54) is 62.7 Å². The maximum absolute atomic E-state index is 2.31. The van der Waals surface area contributed by atoms with E-state index in [0.29, 0.717) is 0 Å².